The van der Waals surface area contributed by atoms with Gasteiger partial charge in [-0.2, -0.15) is 18.4 Å². The second-order valence-corrected chi connectivity index (χ2v) is 5.50. The van der Waals surface area contributed by atoms with Gasteiger partial charge in [-0.05, 0) is 30.5 Å². The highest BCUT2D eigenvalue weighted by Crippen LogP contribution is 2.39. The van der Waals surface area contributed by atoms with Gasteiger partial charge in [0.05, 0.1) is 23.6 Å². The summed E-state index contributed by atoms with van der Waals surface area (Å²) >= 11 is 0. The van der Waals surface area contributed by atoms with E-state index in [1.54, 1.807) is 6.07 Å². The van der Waals surface area contributed by atoms with Crippen LogP contribution < -0.4 is 11.1 Å². The topological polar surface area (TPSA) is 74.2 Å². The van der Waals surface area contributed by atoms with Crippen LogP contribution in [0.2, 0.25) is 0 Å². The molecule has 0 unspecified atom stereocenters. The zero-order valence-electron chi connectivity index (χ0n) is 12.0. The maximum atomic E-state index is 12.6. The average Bonchev–Trinajstić information content (AvgIpc) is 2.44. The lowest BCUT2D eigenvalue weighted by Gasteiger charge is -2.35. The minimum atomic E-state index is -4.37. The van der Waals surface area contributed by atoms with Crippen molar-refractivity contribution < 1.29 is 13.2 Å². The van der Waals surface area contributed by atoms with Crippen molar-refractivity contribution in [3.05, 3.63) is 35.4 Å². The molecule has 1 fully saturated rings. The quantitative estimate of drug-likeness (QED) is 0.663. The van der Waals surface area contributed by atoms with Crippen LogP contribution in [0.4, 0.5) is 13.2 Å². The third-order valence-corrected chi connectivity index (χ3v) is 3.84. The van der Waals surface area contributed by atoms with Crippen molar-refractivity contribution in [2.45, 2.75) is 32.0 Å². The second kappa shape index (κ2) is 6.26. The van der Waals surface area contributed by atoms with Crippen molar-refractivity contribution in [3.8, 4) is 6.07 Å². The molecule has 118 valence electrons. The minimum Gasteiger partial charge on any atom is -0.370 e. The predicted molar refractivity (Wildman–Crippen MR) is 76.7 cm³/mol. The number of aliphatic imine (C=N–C) groups is 1. The normalized spacial score (nSPS) is 17.5. The largest absolute Gasteiger partial charge is 0.416 e. The Morgan fingerprint density at radius 1 is 1.41 bits per heavy atom. The van der Waals surface area contributed by atoms with E-state index in [9.17, 15) is 13.2 Å². The average molecular weight is 310 g/mol. The Labute approximate surface area is 126 Å². The summed E-state index contributed by atoms with van der Waals surface area (Å²) in [6.07, 6.45) is -1.68. The summed E-state index contributed by atoms with van der Waals surface area (Å²) in [5.74, 6) is 0.138. The maximum absolute atomic E-state index is 12.6. The fraction of sp³-hybridized carbons (Fsp3) is 0.467. The predicted octanol–water partition coefficient (Wildman–Crippen LogP) is 2.80. The van der Waals surface area contributed by atoms with Gasteiger partial charge in [0.2, 0.25) is 0 Å². The SMILES string of the molecule is N#CC1(CNC(N)=NCc2cccc(C(F)(F)F)c2)CCC1. The number of benzene rings is 1. The first-order chi connectivity index (χ1) is 10.3. The van der Waals surface area contributed by atoms with Gasteiger partial charge in [-0.1, -0.05) is 18.6 Å². The zero-order chi connectivity index (χ0) is 16.2. The zero-order valence-corrected chi connectivity index (χ0v) is 12.0. The molecule has 2 rings (SSSR count). The van der Waals surface area contributed by atoms with E-state index >= 15 is 0 Å². The number of alkyl halides is 3. The lowest BCUT2D eigenvalue weighted by molar-refractivity contribution is -0.137. The van der Waals surface area contributed by atoms with Gasteiger partial charge in [0.25, 0.3) is 0 Å². The van der Waals surface area contributed by atoms with Gasteiger partial charge in [-0.15, -0.1) is 0 Å². The van der Waals surface area contributed by atoms with Gasteiger partial charge in [0.1, 0.15) is 0 Å². The smallest absolute Gasteiger partial charge is 0.370 e. The van der Waals surface area contributed by atoms with Crippen LogP contribution in [0.3, 0.4) is 0 Å². The number of hydrogen-bond donors (Lipinski definition) is 2. The fourth-order valence-corrected chi connectivity index (χ4v) is 2.27. The van der Waals surface area contributed by atoms with Crippen molar-refractivity contribution in [2.24, 2.45) is 16.1 Å². The fourth-order valence-electron chi connectivity index (χ4n) is 2.27. The van der Waals surface area contributed by atoms with E-state index in [-0.39, 0.29) is 17.9 Å². The molecule has 1 aliphatic carbocycles. The Bertz CT molecular complexity index is 598. The van der Waals surface area contributed by atoms with Crippen molar-refractivity contribution in [3.63, 3.8) is 0 Å². The highest BCUT2D eigenvalue weighted by Gasteiger charge is 2.37. The lowest BCUT2D eigenvalue weighted by atomic mass is 9.70. The number of nitrogens with zero attached hydrogens (tertiary/aromatic N) is 2. The third-order valence-electron chi connectivity index (χ3n) is 3.84. The van der Waals surface area contributed by atoms with Crippen LogP contribution >= 0.6 is 0 Å². The molecular weight excluding hydrogens is 293 g/mol. The van der Waals surface area contributed by atoms with Crippen molar-refractivity contribution in [1.82, 2.24) is 5.32 Å². The second-order valence-electron chi connectivity index (χ2n) is 5.50. The van der Waals surface area contributed by atoms with E-state index in [0.717, 1.165) is 31.4 Å². The maximum Gasteiger partial charge on any atom is 0.416 e. The number of rotatable bonds is 4. The number of halogens is 3. The molecule has 0 aromatic heterocycles. The van der Waals surface area contributed by atoms with Crippen molar-refractivity contribution in [2.75, 3.05) is 6.54 Å². The monoisotopic (exact) mass is 310 g/mol. The Hall–Kier alpha value is -2.23. The van der Waals surface area contributed by atoms with Crippen LogP contribution in [0.1, 0.15) is 30.4 Å². The molecule has 4 nitrogen and oxygen atoms in total. The van der Waals surface area contributed by atoms with Gasteiger partial charge >= 0.3 is 6.18 Å². The molecule has 0 bridgehead atoms. The molecule has 0 spiro atoms. The molecule has 0 heterocycles. The molecule has 0 amide bonds. The van der Waals surface area contributed by atoms with Gasteiger partial charge < -0.3 is 11.1 Å². The highest BCUT2D eigenvalue weighted by molar-refractivity contribution is 5.77. The van der Waals surface area contributed by atoms with E-state index in [2.05, 4.69) is 16.4 Å². The molecule has 0 atom stereocenters. The Morgan fingerprint density at radius 3 is 2.68 bits per heavy atom. The summed E-state index contributed by atoms with van der Waals surface area (Å²) < 4.78 is 37.8. The molecule has 1 saturated carbocycles. The van der Waals surface area contributed by atoms with Gasteiger partial charge in [0, 0.05) is 6.54 Å². The van der Waals surface area contributed by atoms with Crippen LogP contribution in [0.5, 0.6) is 0 Å². The summed E-state index contributed by atoms with van der Waals surface area (Å²) in [5, 5.41) is 12.0. The number of nitrogens with two attached hydrogens (primary N) is 1. The van der Waals surface area contributed by atoms with E-state index < -0.39 is 11.7 Å². The Kier molecular flexibility index (Phi) is 4.59. The van der Waals surface area contributed by atoms with Crippen LogP contribution in [-0.4, -0.2) is 12.5 Å². The van der Waals surface area contributed by atoms with Gasteiger partial charge in [-0.3, -0.25) is 0 Å². The molecule has 3 N–H and O–H groups in total. The van der Waals surface area contributed by atoms with E-state index in [0.29, 0.717) is 12.1 Å². The van der Waals surface area contributed by atoms with Crippen molar-refractivity contribution >= 4 is 5.96 Å². The Balaban J connectivity index is 1.92. The molecule has 0 aliphatic heterocycles. The molecule has 0 saturated heterocycles. The first kappa shape index (κ1) is 16.1. The molecule has 0 radical (unpaired) electrons. The van der Waals surface area contributed by atoms with Crippen LogP contribution in [0.25, 0.3) is 0 Å². The summed E-state index contributed by atoms with van der Waals surface area (Å²) in [7, 11) is 0. The van der Waals surface area contributed by atoms with Crippen LogP contribution in [0, 0.1) is 16.7 Å². The van der Waals surface area contributed by atoms with E-state index in [4.69, 9.17) is 11.0 Å². The minimum absolute atomic E-state index is 0.0578. The Morgan fingerprint density at radius 2 is 2.14 bits per heavy atom. The number of guanidine groups is 1. The van der Waals surface area contributed by atoms with E-state index in [1.807, 2.05) is 0 Å². The first-order valence-corrected chi connectivity index (χ1v) is 6.96. The summed E-state index contributed by atoms with van der Waals surface area (Å²) in [6.45, 7) is 0.476. The summed E-state index contributed by atoms with van der Waals surface area (Å²) in [5.41, 5.74) is 5.04. The highest BCUT2D eigenvalue weighted by atomic mass is 19.4. The lowest BCUT2D eigenvalue weighted by Crippen LogP contribution is -2.43. The van der Waals surface area contributed by atoms with Crippen LogP contribution in [-0.2, 0) is 12.7 Å². The van der Waals surface area contributed by atoms with Crippen LogP contribution in [0.15, 0.2) is 29.3 Å². The standard InChI is InChI=1S/C15H17F3N4/c16-15(17,18)12-4-1-3-11(7-12)8-21-13(20)22-10-14(9-19)5-2-6-14/h1,3-4,7H,2,5-6,8,10H2,(H3,20,21,22). The van der Waals surface area contributed by atoms with Gasteiger partial charge in [-0.25, -0.2) is 4.99 Å². The number of nitriles is 1. The summed E-state index contributed by atoms with van der Waals surface area (Å²) in [4.78, 5) is 4.02. The molecule has 7 heteroatoms. The summed E-state index contributed by atoms with van der Waals surface area (Å²) in [6, 6.07) is 7.25. The molecule has 22 heavy (non-hydrogen) atoms. The number of hydrogen-bond acceptors (Lipinski definition) is 2. The molecule has 1 aromatic rings. The third kappa shape index (κ3) is 3.91. The first-order valence-electron chi connectivity index (χ1n) is 6.96. The van der Waals surface area contributed by atoms with Gasteiger partial charge in [0.15, 0.2) is 5.96 Å². The molecule has 1 aromatic carbocycles. The van der Waals surface area contributed by atoms with E-state index in [1.165, 1.54) is 6.07 Å². The molecular formula is C15H17F3N4. The van der Waals surface area contributed by atoms with Crippen molar-refractivity contribution in [1.29, 1.82) is 5.26 Å². The number of nitrogens with one attached hydrogen (secondary N) is 1. The molecule has 1 aliphatic rings.